The number of rotatable bonds is 5. The van der Waals surface area contributed by atoms with E-state index in [0.717, 1.165) is 10.0 Å². The lowest BCUT2D eigenvalue weighted by atomic mass is 10.1. The van der Waals surface area contributed by atoms with Crippen molar-refractivity contribution in [2.45, 2.75) is 13.3 Å². The summed E-state index contributed by atoms with van der Waals surface area (Å²) in [7, 11) is 0. The van der Waals surface area contributed by atoms with Gasteiger partial charge in [-0.15, -0.1) is 0 Å². The Labute approximate surface area is 158 Å². The van der Waals surface area contributed by atoms with Crippen LogP contribution in [0.2, 0.25) is 10.0 Å². The average Bonchev–Trinajstić information content (AvgIpc) is 2.51. The Morgan fingerprint density at radius 1 is 1.08 bits per heavy atom. The Hall–Kier alpha value is -1.56. The van der Waals surface area contributed by atoms with Crippen molar-refractivity contribution >= 4 is 56.6 Å². The normalized spacial score (nSPS) is 10.3. The molecular formula is C17H15BrCl2N2O2. The van der Waals surface area contributed by atoms with Gasteiger partial charge in [-0.1, -0.05) is 45.2 Å². The number of nitrogens with one attached hydrogen (secondary N) is 2. The van der Waals surface area contributed by atoms with Crippen LogP contribution in [0.15, 0.2) is 40.9 Å². The maximum absolute atomic E-state index is 11.9. The second-order valence-corrected chi connectivity index (χ2v) is 6.96. The van der Waals surface area contributed by atoms with E-state index in [-0.39, 0.29) is 24.8 Å². The SMILES string of the molecule is Cc1cc(Br)ccc1NC(=O)CNC(=O)Cc1ccc(Cl)cc1Cl. The highest BCUT2D eigenvalue weighted by molar-refractivity contribution is 9.10. The molecule has 24 heavy (non-hydrogen) atoms. The van der Waals surface area contributed by atoms with E-state index in [2.05, 4.69) is 26.6 Å². The summed E-state index contributed by atoms with van der Waals surface area (Å²) in [6.45, 7) is 1.78. The number of anilines is 1. The minimum absolute atomic E-state index is 0.0839. The van der Waals surface area contributed by atoms with E-state index in [1.807, 2.05) is 19.1 Å². The molecule has 0 radical (unpaired) electrons. The molecule has 2 rings (SSSR count). The molecule has 0 aliphatic heterocycles. The maximum atomic E-state index is 11.9. The fraction of sp³-hybridized carbons (Fsp3) is 0.176. The van der Waals surface area contributed by atoms with E-state index in [0.29, 0.717) is 21.3 Å². The van der Waals surface area contributed by atoms with Crippen LogP contribution in [-0.4, -0.2) is 18.4 Å². The van der Waals surface area contributed by atoms with Crippen molar-refractivity contribution in [3.8, 4) is 0 Å². The molecule has 0 spiro atoms. The lowest BCUT2D eigenvalue weighted by molar-refractivity contribution is -0.123. The van der Waals surface area contributed by atoms with Gasteiger partial charge >= 0.3 is 0 Å². The number of hydrogen-bond donors (Lipinski definition) is 2. The molecule has 0 fully saturated rings. The molecule has 0 heterocycles. The van der Waals surface area contributed by atoms with Crippen molar-refractivity contribution in [3.63, 3.8) is 0 Å². The van der Waals surface area contributed by atoms with Crippen LogP contribution in [0.25, 0.3) is 0 Å². The highest BCUT2D eigenvalue weighted by Crippen LogP contribution is 2.21. The number of halogens is 3. The second-order valence-electron chi connectivity index (χ2n) is 5.20. The first kappa shape index (κ1) is 18.8. The molecule has 0 unspecified atom stereocenters. The lowest BCUT2D eigenvalue weighted by Gasteiger charge is -2.10. The molecule has 0 atom stereocenters. The minimum atomic E-state index is -0.295. The molecule has 0 bridgehead atoms. The smallest absolute Gasteiger partial charge is 0.243 e. The first-order chi connectivity index (χ1) is 11.3. The fourth-order valence-corrected chi connectivity index (χ4v) is 2.99. The molecule has 2 N–H and O–H groups in total. The summed E-state index contributed by atoms with van der Waals surface area (Å²) < 4.78 is 0.936. The van der Waals surface area contributed by atoms with E-state index < -0.39 is 0 Å². The van der Waals surface area contributed by atoms with Gasteiger partial charge in [0.1, 0.15) is 0 Å². The van der Waals surface area contributed by atoms with Gasteiger partial charge in [-0.3, -0.25) is 9.59 Å². The van der Waals surface area contributed by atoms with Gasteiger partial charge in [0.2, 0.25) is 11.8 Å². The van der Waals surface area contributed by atoms with Crippen LogP contribution in [0, 0.1) is 6.92 Å². The Morgan fingerprint density at radius 2 is 1.83 bits per heavy atom. The van der Waals surface area contributed by atoms with E-state index >= 15 is 0 Å². The van der Waals surface area contributed by atoms with Crippen LogP contribution in [-0.2, 0) is 16.0 Å². The van der Waals surface area contributed by atoms with Gasteiger partial charge in [0.15, 0.2) is 0 Å². The van der Waals surface area contributed by atoms with Crippen LogP contribution in [0.1, 0.15) is 11.1 Å². The summed E-state index contributed by atoms with van der Waals surface area (Å²) in [6.07, 6.45) is 0.0839. The number of hydrogen-bond acceptors (Lipinski definition) is 2. The molecule has 2 aromatic carbocycles. The molecule has 0 saturated carbocycles. The molecule has 0 aromatic heterocycles. The second kappa shape index (κ2) is 8.51. The molecule has 7 heteroatoms. The third-order valence-corrected chi connectivity index (χ3v) is 4.35. The van der Waals surface area contributed by atoms with Crippen LogP contribution in [0.5, 0.6) is 0 Å². The lowest BCUT2D eigenvalue weighted by Crippen LogP contribution is -2.33. The van der Waals surface area contributed by atoms with Gasteiger partial charge in [-0.25, -0.2) is 0 Å². The summed E-state index contributed by atoms with van der Waals surface area (Å²) in [6, 6.07) is 10.5. The third-order valence-electron chi connectivity index (χ3n) is 3.27. The molecule has 2 aromatic rings. The number of benzene rings is 2. The molecular weight excluding hydrogens is 415 g/mol. The summed E-state index contributed by atoms with van der Waals surface area (Å²) in [5.41, 5.74) is 2.29. The largest absolute Gasteiger partial charge is 0.347 e. The van der Waals surface area contributed by atoms with Crippen molar-refractivity contribution in [3.05, 3.63) is 62.0 Å². The predicted molar refractivity (Wildman–Crippen MR) is 101 cm³/mol. The molecule has 0 aliphatic carbocycles. The summed E-state index contributed by atoms with van der Waals surface area (Å²) in [4.78, 5) is 23.9. The van der Waals surface area contributed by atoms with Gasteiger partial charge in [0.25, 0.3) is 0 Å². The van der Waals surface area contributed by atoms with Crippen molar-refractivity contribution in [2.24, 2.45) is 0 Å². The summed E-state index contributed by atoms with van der Waals surface area (Å²) in [5.74, 6) is -0.585. The van der Waals surface area contributed by atoms with Crippen LogP contribution >= 0.6 is 39.1 Å². The van der Waals surface area contributed by atoms with Crippen molar-refractivity contribution in [1.82, 2.24) is 5.32 Å². The quantitative estimate of drug-likeness (QED) is 0.741. The monoisotopic (exact) mass is 428 g/mol. The molecule has 0 saturated heterocycles. The third kappa shape index (κ3) is 5.51. The zero-order valence-electron chi connectivity index (χ0n) is 12.8. The Bertz CT molecular complexity index is 716. The van der Waals surface area contributed by atoms with Crippen molar-refractivity contribution < 1.29 is 9.59 Å². The average molecular weight is 430 g/mol. The number of carbonyl (C=O) groups is 2. The topological polar surface area (TPSA) is 58.2 Å². The van der Waals surface area contributed by atoms with Crippen LogP contribution in [0.3, 0.4) is 0 Å². The summed E-state index contributed by atoms with van der Waals surface area (Å²) in [5, 5.41) is 6.26. The van der Waals surface area contributed by atoms with Gasteiger partial charge in [0, 0.05) is 20.2 Å². The molecule has 2 amide bonds. The predicted octanol–water partition coefficient (Wildman–Crippen LogP) is 4.36. The van der Waals surface area contributed by atoms with E-state index in [1.54, 1.807) is 24.3 Å². The van der Waals surface area contributed by atoms with Gasteiger partial charge in [-0.2, -0.15) is 0 Å². The highest BCUT2D eigenvalue weighted by Gasteiger charge is 2.10. The number of carbonyl (C=O) groups excluding carboxylic acids is 2. The molecule has 0 aliphatic rings. The Balaban J connectivity index is 1.85. The minimum Gasteiger partial charge on any atom is -0.347 e. The fourth-order valence-electron chi connectivity index (χ4n) is 2.04. The van der Waals surface area contributed by atoms with Crippen LogP contribution < -0.4 is 10.6 Å². The van der Waals surface area contributed by atoms with Gasteiger partial charge in [0.05, 0.1) is 13.0 Å². The van der Waals surface area contributed by atoms with Gasteiger partial charge < -0.3 is 10.6 Å². The molecule has 4 nitrogen and oxygen atoms in total. The van der Waals surface area contributed by atoms with E-state index in [1.165, 1.54) is 0 Å². The Kier molecular flexibility index (Phi) is 6.66. The summed E-state index contributed by atoms with van der Waals surface area (Å²) >= 11 is 15.2. The first-order valence-corrected chi connectivity index (χ1v) is 8.66. The number of amides is 2. The van der Waals surface area contributed by atoms with Crippen LogP contribution in [0.4, 0.5) is 5.69 Å². The van der Waals surface area contributed by atoms with E-state index in [4.69, 9.17) is 23.2 Å². The van der Waals surface area contributed by atoms with Crippen molar-refractivity contribution in [2.75, 3.05) is 11.9 Å². The zero-order chi connectivity index (χ0) is 17.7. The standard InChI is InChI=1S/C17H15BrCl2N2O2/c1-10-6-12(18)3-5-15(10)22-17(24)9-21-16(23)7-11-2-4-13(19)8-14(11)20/h2-6,8H,7,9H2,1H3,(H,21,23)(H,22,24). The van der Waals surface area contributed by atoms with Crippen molar-refractivity contribution in [1.29, 1.82) is 0 Å². The van der Waals surface area contributed by atoms with Gasteiger partial charge in [-0.05, 0) is 48.4 Å². The zero-order valence-corrected chi connectivity index (χ0v) is 15.9. The molecule has 126 valence electrons. The number of aryl methyl sites for hydroxylation is 1. The first-order valence-electron chi connectivity index (χ1n) is 7.12. The highest BCUT2D eigenvalue weighted by atomic mass is 79.9. The van der Waals surface area contributed by atoms with E-state index in [9.17, 15) is 9.59 Å². The maximum Gasteiger partial charge on any atom is 0.243 e. The Morgan fingerprint density at radius 3 is 2.50 bits per heavy atom.